The normalized spacial score (nSPS) is 18.8. The molecule has 2 unspecified atom stereocenters. The van der Waals surface area contributed by atoms with Crippen LogP contribution >= 0.6 is 0 Å². The van der Waals surface area contributed by atoms with Gasteiger partial charge in [-0.15, -0.1) is 0 Å². The standard InChI is InChI=1S/C15H22FN3O/c1-11(17)15(20)18-10-14(19-8-2-3-9-19)12-4-6-13(16)7-5-12/h4-7,11,14H,2-3,8-10,17H2,1H3,(H,18,20). The van der Waals surface area contributed by atoms with Gasteiger partial charge in [-0.2, -0.15) is 0 Å². The molecule has 1 amide bonds. The second-order valence-electron chi connectivity index (χ2n) is 5.34. The van der Waals surface area contributed by atoms with E-state index in [1.165, 1.54) is 25.0 Å². The van der Waals surface area contributed by atoms with Gasteiger partial charge in [-0.3, -0.25) is 9.69 Å². The van der Waals surface area contributed by atoms with E-state index < -0.39 is 6.04 Å². The van der Waals surface area contributed by atoms with Crippen LogP contribution < -0.4 is 11.1 Å². The Morgan fingerprint density at radius 1 is 1.35 bits per heavy atom. The van der Waals surface area contributed by atoms with Gasteiger partial charge in [0.25, 0.3) is 0 Å². The largest absolute Gasteiger partial charge is 0.353 e. The lowest BCUT2D eigenvalue weighted by molar-refractivity contribution is -0.122. The molecular formula is C15H22FN3O. The SMILES string of the molecule is CC(N)C(=O)NCC(c1ccc(F)cc1)N1CCCC1. The Morgan fingerprint density at radius 2 is 1.95 bits per heavy atom. The summed E-state index contributed by atoms with van der Waals surface area (Å²) in [6, 6.07) is 6.08. The van der Waals surface area contributed by atoms with E-state index in [9.17, 15) is 9.18 Å². The first-order valence-corrected chi connectivity index (χ1v) is 7.10. The smallest absolute Gasteiger partial charge is 0.236 e. The quantitative estimate of drug-likeness (QED) is 0.857. The highest BCUT2D eigenvalue weighted by Gasteiger charge is 2.24. The first-order chi connectivity index (χ1) is 9.58. The molecule has 3 N–H and O–H groups in total. The van der Waals surface area contributed by atoms with Crippen LogP contribution in [-0.2, 0) is 4.79 Å². The Balaban J connectivity index is 2.08. The lowest BCUT2D eigenvalue weighted by atomic mass is 10.1. The van der Waals surface area contributed by atoms with E-state index in [1.54, 1.807) is 19.1 Å². The minimum atomic E-state index is -0.512. The van der Waals surface area contributed by atoms with Crippen LogP contribution in [0.5, 0.6) is 0 Å². The first-order valence-electron chi connectivity index (χ1n) is 7.10. The predicted octanol–water partition coefficient (Wildman–Crippen LogP) is 1.43. The number of hydrogen-bond acceptors (Lipinski definition) is 3. The van der Waals surface area contributed by atoms with Crippen molar-refractivity contribution in [3.63, 3.8) is 0 Å². The van der Waals surface area contributed by atoms with Crippen molar-refractivity contribution in [3.8, 4) is 0 Å². The zero-order chi connectivity index (χ0) is 14.5. The molecule has 1 saturated heterocycles. The molecule has 1 aromatic rings. The van der Waals surface area contributed by atoms with Gasteiger partial charge in [0.05, 0.1) is 12.1 Å². The summed E-state index contributed by atoms with van der Waals surface area (Å²) in [6.45, 7) is 4.19. The van der Waals surface area contributed by atoms with Crippen molar-refractivity contribution in [2.45, 2.75) is 31.8 Å². The second-order valence-corrected chi connectivity index (χ2v) is 5.34. The van der Waals surface area contributed by atoms with Crippen LogP contribution in [0.15, 0.2) is 24.3 Å². The van der Waals surface area contributed by atoms with E-state index in [0.29, 0.717) is 6.54 Å². The molecule has 20 heavy (non-hydrogen) atoms. The average Bonchev–Trinajstić information content (AvgIpc) is 2.94. The summed E-state index contributed by atoms with van der Waals surface area (Å²) < 4.78 is 13.0. The average molecular weight is 279 g/mol. The van der Waals surface area contributed by atoms with Crippen LogP contribution in [0.3, 0.4) is 0 Å². The fourth-order valence-electron chi connectivity index (χ4n) is 2.55. The number of carbonyl (C=O) groups excluding carboxylic acids is 1. The molecule has 110 valence electrons. The topological polar surface area (TPSA) is 58.4 Å². The Kier molecular flexibility index (Phi) is 5.09. The van der Waals surface area contributed by atoms with Crippen LogP contribution in [0.25, 0.3) is 0 Å². The van der Waals surface area contributed by atoms with Gasteiger partial charge in [-0.05, 0) is 50.6 Å². The number of halogens is 1. The highest BCUT2D eigenvalue weighted by atomic mass is 19.1. The number of hydrogen-bond donors (Lipinski definition) is 2. The molecule has 4 nitrogen and oxygen atoms in total. The van der Waals surface area contributed by atoms with Gasteiger partial charge in [0, 0.05) is 6.54 Å². The maximum atomic E-state index is 13.0. The lowest BCUT2D eigenvalue weighted by Gasteiger charge is -2.28. The highest BCUT2D eigenvalue weighted by Crippen LogP contribution is 2.24. The van der Waals surface area contributed by atoms with Crippen molar-refractivity contribution in [1.29, 1.82) is 0 Å². The predicted molar refractivity (Wildman–Crippen MR) is 76.6 cm³/mol. The van der Waals surface area contributed by atoms with Gasteiger partial charge in [0.15, 0.2) is 0 Å². The van der Waals surface area contributed by atoms with Gasteiger partial charge >= 0.3 is 0 Å². The molecule has 0 aliphatic carbocycles. The molecule has 0 aromatic heterocycles. The van der Waals surface area contributed by atoms with Crippen molar-refractivity contribution in [2.24, 2.45) is 5.73 Å². The first kappa shape index (κ1) is 14.9. The summed E-state index contributed by atoms with van der Waals surface area (Å²) in [6.07, 6.45) is 2.33. The number of nitrogens with one attached hydrogen (secondary N) is 1. The molecule has 2 rings (SSSR count). The third kappa shape index (κ3) is 3.77. The minimum absolute atomic E-state index is 0.0841. The van der Waals surface area contributed by atoms with Crippen molar-refractivity contribution in [2.75, 3.05) is 19.6 Å². The van der Waals surface area contributed by atoms with Gasteiger partial charge in [-0.1, -0.05) is 12.1 Å². The Bertz CT molecular complexity index is 441. The molecule has 0 bridgehead atoms. The van der Waals surface area contributed by atoms with Crippen molar-refractivity contribution in [3.05, 3.63) is 35.6 Å². The molecule has 0 radical (unpaired) electrons. The van der Waals surface area contributed by atoms with E-state index in [4.69, 9.17) is 5.73 Å². The molecule has 5 heteroatoms. The van der Waals surface area contributed by atoms with Crippen LogP contribution in [0.1, 0.15) is 31.4 Å². The maximum Gasteiger partial charge on any atom is 0.236 e. The van der Waals surface area contributed by atoms with Crippen molar-refractivity contribution < 1.29 is 9.18 Å². The lowest BCUT2D eigenvalue weighted by Crippen LogP contribution is -2.43. The van der Waals surface area contributed by atoms with Crippen LogP contribution in [0.4, 0.5) is 4.39 Å². The molecule has 1 aromatic carbocycles. The summed E-state index contributed by atoms with van der Waals surface area (Å²) in [4.78, 5) is 14.0. The van der Waals surface area contributed by atoms with Crippen LogP contribution in [0.2, 0.25) is 0 Å². The number of carbonyl (C=O) groups is 1. The molecular weight excluding hydrogens is 257 g/mol. The van der Waals surface area contributed by atoms with Crippen molar-refractivity contribution >= 4 is 5.91 Å². The monoisotopic (exact) mass is 279 g/mol. The zero-order valence-corrected chi connectivity index (χ0v) is 11.8. The molecule has 1 aliphatic rings. The maximum absolute atomic E-state index is 13.0. The van der Waals surface area contributed by atoms with E-state index in [2.05, 4.69) is 10.2 Å². The number of nitrogens with zero attached hydrogens (tertiary/aromatic N) is 1. The zero-order valence-electron chi connectivity index (χ0n) is 11.8. The summed E-state index contributed by atoms with van der Waals surface area (Å²) in [5, 5.41) is 2.87. The third-order valence-corrected chi connectivity index (χ3v) is 3.72. The third-order valence-electron chi connectivity index (χ3n) is 3.72. The number of likely N-dealkylation sites (tertiary alicyclic amines) is 1. The molecule has 0 saturated carbocycles. The summed E-state index contributed by atoms with van der Waals surface area (Å²) in [5.41, 5.74) is 6.59. The molecule has 1 heterocycles. The van der Waals surface area contributed by atoms with E-state index >= 15 is 0 Å². The van der Waals surface area contributed by atoms with Crippen molar-refractivity contribution in [1.82, 2.24) is 10.2 Å². The Labute approximate surface area is 119 Å². The number of nitrogens with two attached hydrogens (primary N) is 1. The summed E-state index contributed by atoms with van der Waals surface area (Å²) in [5.74, 6) is -0.398. The van der Waals surface area contributed by atoms with Gasteiger partial charge in [-0.25, -0.2) is 4.39 Å². The fraction of sp³-hybridized carbons (Fsp3) is 0.533. The van der Waals surface area contributed by atoms with E-state index in [-0.39, 0.29) is 17.8 Å². The minimum Gasteiger partial charge on any atom is -0.353 e. The molecule has 1 fully saturated rings. The van der Waals surface area contributed by atoms with Gasteiger partial charge in [0.1, 0.15) is 5.82 Å². The van der Waals surface area contributed by atoms with Gasteiger partial charge in [0.2, 0.25) is 5.91 Å². The fourth-order valence-corrected chi connectivity index (χ4v) is 2.55. The second kappa shape index (κ2) is 6.81. The molecule has 2 atom stereocenters. The Hall–Kier alpha value is -1.46. The van der Waals surface area contributed by atoms with Gasteiger partial charge < -0.3 is 11.1 Å². The Morgan fingerprint density at radius 3 is 2.50 bits per heavy atom. The molecule has 0 spiro atoms. The van der Waals surface area contributed by atoms with E-state index in [1.807, 2.05) is 0 Å². The van der Waals surface area contributed by atoms with E-state index in [0.717, 1.165) is 18.7 Å². The number of benzene rings is 1. The van der Waals surface area contributed by atoms with Crippen LogP contribution in [-0.4, -0.2) is 36.5 Å². The number of amides is 1. The van der Waals surface area contributed by atoms with Crippen LogP contribution in [0, 0.1) is 5.82 Å². The number of rotatable bonds is 5. The summed E-state index contributed by atoms with van der Waals surface area (Å²) >= 11 is 0. The highest BCUT2D eigenvalue weighted by molar-refractivity contribution is 5.80. The summed E-state index contributed by atoms with van der Waals surface area (Å²) in [7, 11) is 0. The molecule has 1 aliphatic heterocycles.